The summed E-state index contributed by atoms with van der Waals surface area (Å²) in [5.74, 6) is -1.40. The van der Waals surface area contributed by atoms with E-state index in [1.54, 1.807) is 32.6 Å². The summed E-state index contributed by atoms with van der Waals surface area (Å²) in [5.41, 5.74) is 1.75. The quantitative estimate of drug-likeness (QED) is 0.220. The number of benzene rings is 1. The highest BCUT2D eigenvalue weighted by Gasteiger charge is 2.38. The molecule has 1 aromatic rings. The first-order valence-electron chi connectivity index (χ1n) is 14.5. The van der Waals surface area contributed by atoms with E-state index < -0.39 is 29.7 Å². The van der Waals surface area contributed by atoms with Crippen molar-refractivity contribution in [3.05, 3.63) is 34.9 Å². The van der Waals surface area contributed by atoms with Crippen molar-refractivity contribution >= 4 is 23.9 Å². The number of aryl methyl sites for hydroxylation is 2. The average Bonchev–Trinajstić information content (AvgIpc) is 2.84. The highest BCUT2D eigenvalue weighted by Crippen LogP contribution is 2.30. The van der Waals surface area contributed by atoms with Gasteiger partial charge in [-0.25, -0.2) is 4.79 Å². The summed E-state index contributed by atoms with van der Waals surface area (Å²) in [6, 6.07) is 3.90. The standard InChI is InChI=1S/C31H51N3O6/c1-10-12-13-14-20-34(29(37)26(21(3)4)33-30(38)40-31(7,8)9)27(25-22(5)16-15-17-23(25)6)28(36)32-19-18-24(35)39-11-2/h15-17,21,26-27H,10-14,18-20H2,1-9H3,(H,32,36)(H,33,38). The first kappa shape index (κ1) is 34.9. The number of nitrogens with one attached hydrogen (secondary N) is 2. The molecule has 0 fully saturated rings. The van der Waals surface area contributed by atoms with Gasteiger partial charge in [-0.15, -0.1) is 0 Å². The maximum Gasteiger partial charge on any atom is 0.408 e. The molecule has 2 N–H and O–H groups in total. The molecular formula is C31H51N3O6. The van der Waals surface area contributed by atoms with Gasteiger partial charge >= 0.3 is 12.1 Å². The van der Waals surface area contributed by atoms with Crippen LogP contribution in [0.5, 0.6) is 0 Å². The Morgan fingerprint density at radius 1 is 0.975 bits per heavy atom. The number of unbranched alkanes of at least 4 members (excludes halogenated alkanes) is 3. The van der Waals surface area contributed by atoms with Gasteiger partial charge in [-0.3, -0.25) is 14.4 Å². The van der Waals surface area contributed by atoms with Crippen molar-refractivity contribution in [1.82, 2.24) is 15.5 Å². The summed E-state index contributed by atoms with van der Waals surface area (Å²) in [7, 11) is 0. The van der Waals surface area contributed by atoms with Crippen LogP contribution in [0.25, 0.3) is 0 Å². The van der Waals surface area contributed by atoms with Gasteiger partial charge in [-0.05, 0) is 70.6 Å². The molecule has 226 valence electrons. The van der Waals surface area contributed by atoms with Crippen LogP contribution in [0.3, 0.4) is 0 Å². The maximum absolute atomic E-state index is 14.3. The fourth-order valence-corrected chi connectivity index (χ4v) is 4.51. The SMILES string of the molecule is CCCCCCN(C(=O)C(NC(=O)OC(C)(C)C)C(C)C)C(C(=O)NCCC(=O)OCC)c1c(C)cccc1C. The average molecular weight is 562 g/mol. The summed E-state index contributed by atoms with van der Waals surface area (Å²) in [4.78, 5) is 54.3. The third kappa shape index (κ3) is 11.6. The number of carbonyl (C=O) groups excluding carboxylic acids is 4. The van der Waals surface area contributed by atoms with Crippen LogP contribution in [0, 0.1) is 19.8 Å². The van der Waals surface area contributed by atoms with Crippen molar-refractivity contribution in [2.45, 2.75) is 112 Å². The van der Waals surface area contributed by atoms with Gasteiger partial charge in [0.1, 0.15) is 17.7 Å². The molecule has 0 aliphatic rings. The Hall–Kier alpha value is -3.10. The Bertz CT molecular complexity index is 966. The molecule has 0 aliphatic heterocycles. The van der Waals surface area contributed by atoms with Crippen molar-refractivity contribution in [2.75, 3.05) is 19.7 Å². The molecule has 1 rings (SSSR count). The van der Waals surface area contributed by atoms with Crippen molar-refractivity contribution in [2.24, 2.45) is 5.92 Å². The topological polar surface area (TPSA) is 114 Å². The van der Waals surface area contributed by atoms with Gasteiger partial charge in [0.2, 0.25) is 11.8 Å². The number of ether oxygens (including phenoxy) is 2. The van der Waals surface area contributed by atoms with Gasteiger partial charge in [0, 0.05) is 13.1 Å². The molecule has 0 aliphatic carbocycles. The lowest BCUT2D eigenvalue weighted by Crippen LogP contribution is -2.55. The van der Waals surface area contributed by atoms with E-state index in [0.717, 1.165) is 36.0 Å². The van der Waals surface area contributed by atoms with Crippen molar-refractivity contribution in [1.29, 1.82) is 0 Å². The Morgan fingerprint density at radius 2 is 1.60 bits per heavy atom. The summed E-state index contributed by atoms with van der Waals surface area (Å²) in [5, 5.41) is 5.61. The minimum Gasteiger partial charge on any atom is -0.466 e. The zero-order valence-corrected chi connectivity index (χ0v) is 26.0. The van der Waals surface area contributed by atoms with Gasteiger partial charge in [-0.2, -0.15) is 0 Å². The third-order valence-corrected chi connectivity index (χ3v) is 6.45. The molecule has 2 unspecified atom stereocenters. The Labute approximate surface area is 240 Å². The first-order chi connectivity index (χ1) is 18.7. The Kier molecular flexibility index (Phi) is 14.7. The molecule has 0 saturated carbocycles. The fourth-order valence-electron chi connectivity index (χ4n) is 4.51. The number of hydrogen-bond donors (Lipinski definition) is 2. The van der Waals surface area contributed by atoms with Crippen LogP contribution < -0.4 is 10.6 Å². The number of nitrogens with zero attached hydrogens (tertiary/aromatic N) is 1. The van der Waals surface area contributed by atoms with Crippen LogP contribution in [0.15, 0.2) is 18.2 Å². The maximum atomic E-state index is 14.3. The van der Waals surface area contributed by atoms with Gasteiger partial charge in [0.05, 0.1) is 13.0 Å². The van der Waals surface area contributed by atoms with E-state index in [1.807, 2.05) is 45.9 Å². The van der Waals surface area contributed by atoms with Gasteiger partial charge < -0.3 is 25.0 Å². The molecule has 0 spiro atoms. The summed E-state index contributed by atoms with van der Waals surface area (Å²) >= 11 is 0. The summed E-state index contributed by atoms with van der Waals surface area (Å²) in [6.07, 6.45) is 2.97. The second-order valence-corrected chi connectivity index (χ2v) is 11.5. The van der Waals surface area contributed by atoms with E-state index >= 15 is 0 Å². The zero-order chi connectivity index (χ0) is 30.5. The number of carbonyl (C=O) groups is 4. The highest BCUT2D eigenvalue weighted by atomic mass is 16.6. The smallest absolute Gasteiger partial charge is 0.408 e. The largest absolute Gasteiger partial charge is 0.466 e. The van der Waals surface area contributed by atoms with E-state index in [9.17, 15) is 19.2 Å². The van der Waals surface area contributed by atoms with Crippen LogP contribution in [0.2, 0.25) is 0 Å². The summed E-state index contributed by atoms with van der Waals surface area (Å²) < 4.78 is 10.4. The Morgan fingerprint density at radius 3 is 2.12 bits per heavy atom. The van der Waals surface area contributed by atoms with E-state index in [4.69, 9.17) is 9.47 Å². The lowest BCUT2D eigenvalue weighted by atomic mass is 9.92. The molecule has 0 radical (unpaired) electrons. The number of esters is 1. The molecule has 0 heterocycles. The molecule has 2 atom stereocenters. The molecule has 0 saturated heterocycles. The van der Waals surface area contributed by atoms with Crippen LogP contribution in [-0.4, -0.2) is 60.1 Å². The number of alkyl carbamates (subject to hydrolysis) is 1. The number of amides is 3. The van der Waals surface area contributed by atoms with Crippen molar-refractivity contribution < 1.29 is 28.7 Å². The van der Waals surface area contributed by atoms with Gasteiger partial charge in [0.25, 0.3) is 0 Å². The van der Waals surface area contributed by atoms with Crippen LogP contribution in [-0.2, 0) is 23.9 Å². The van der Waals surface area contributed by atoms with Crippen LogP contribution in [0.4, 0.5) is 4.79 Å². The van der Waals surface area contributed by atoms with Crippen LogP contribution >= 0.6 is 0 Å². The lowest BCUT2D eigenvalue weighted by molar-refractivity contribution is -0.145. The lowest BCUT2D eigenvalue weighted by Gasteiger charge is -2.36. The van der Waals surface area contributed by atoms with Gasteiger partial charge in [-0.1, -0.05) is 58.2 Å². The van der Waals surface area contributed by atoms with Crippen molar-refractivity contribution in [3.63, 3.8) is 0 Å². The number of hydrogen-bond acceptors (Lipinski definition) is 6. The van der Waals surface area contributed by atoms with E-state index in [1.165, 1.54) is 0 Å². The molecule has 1 aromatic carbocycles. The van der Waals surface area contributed by atoms with Crippen LogP contribution in [0.1, 0.15) is 103 Å². The highest BCUT2D eigenvalue weighted by molar-refractivity contribution is 5.92. The fraction of sp³-hybridized carbons (Fsp3) is 0.677. The van der Waals surface area contributed by atoms with Gasteiger partial charge in [0.15, 0.2) is 0 Å². The molecule has 9 nitrogen and oxygen atoms in total. The molecule has 3 amide bonds. The van der Waals surface area contributed by atoms with E-state index in [0.29, 0.717) is 13.0 Å². The molecule has 0 aromatic heterocycles. The molecule has 9 heteroatoms. The summed E-state index contributed by atoms with van der Waals surface area (Å²) in [6.45, 7) is 17.3. The Balaban J connectivity index is 3.51. The minimum absolute atomic E-state index is 0.0261. The number of rotatable bonds is 15. The molecule has 40 heavy (non-hydrogen) atoms. The van der Waals surface area contributed by atoms with E-state index in [-0.39, 0.29) is 37.3 Å². The van der Waals surface area contributed by atoms with E-state index in [2.05, 4.69) is 17.6 Å². The monoisotopic (exact) mass is 561 g/mol. The molecule has 0 bridgehead atoms. The minimum atomic E-state index is -0.945. The second-order valence-electron chi connectivity index (χ2n) is 11.5. The predicted octanol–water partition coefficient (Wildman–Crippen LogP) is 5.37. The normalized spacial score (nSPS) is 12.8. The predicted molar refractivity (Wildman–Crippen MR) is 157 cm³/mol. The molecular weight excluding hydrogens is 510 g/mol. The van der Waals surface area contributed by atoms with Crippen molar-refractivity contribution in [3.8, 4) is 0 Å². The first-order valence-corrected chi connectivity index (χ1v) is 14.5. The third-order valence-electron chi connectivity index (χ3n) is 6.45. The second kappa shape index (κ2) is 16.9. The zero-order valence-electron chi connectivity index (χ0n) is 26.0.